The zero-order valence-electron chi connectivity index (χ0n) is 9.82. The van der Waals surface area contributed by atoms with Crippen LogP contribution in [0.3, 0.4) is 0 Å². The number of benzene rings is 1. The van der Waals surface area contributed by atoms with Crippen LogP contribution in [0.2, 0.25) is 0 Å². The van der Waals surface area contributed by atoms with Gasteiger partial charge in [0.1, 0.15) is 18.1 Å². The Morgan fingerprint density at radius 3 is 3.00 bits per heavy atom. The second-order valence-corrected chi connectivity index (χ2v) is 4.13. The largest absolute Gasteiger partial charge is 0.490 e. The molecule has 1 heterocycles. The molecule has 1 aliphatic rings. The fourth-order valence-electron chi connectivity index (χ4n) is 1.97. The van der Waals surface area contributed by atoms with E-state index >= 15 is 0 Å². The first-order valence-electron chi connectivity index (χ1n) is 5.71. The lowest BCUT2D eigenvalue weighted by Crippen LogP contribution is -2.36. The summed E-state index contributed by atoms with van der Waals surface area (Å²) in [6.45, 7) is 5.68. The van der Waals surface area contributed by atoms with E-state index in [0.29, 0.717) is 13.2 Å². The normalized spacial score (nSPS) is 14.2. The molecule has 0 bridgehead atoms. The number of hydrogen-bond donors (Lipinski definition) is 0. The van der Waals surface area contributed by atoms with E-state index in [-0.39, 0.29) is 5.78 Å². The predicted molar refractivity (Wildman–Crippen MR) is 64.2 cm³/mol. The Labute approximate surface area is 96.0 Å². The zero-order chi connectivity index (χ0) is 11.5. The van der Waals surface area contributed by atoms with Gasteiger partial charge in [-0.05, 0) is 31.0 Å². The van der Waals surface area contributed by atoms with Crippen LogP contribution in [0.1, 0.15) is 19.4 Å². The van der Waals surface area contributed by atoms with E-state index in [1.54, 1.807) is 6.92 Å². The summed E-state index contributed by atoms with van der Waals surface area (Å²) in [7, 11) is 0. The van der Waals surface area contributed by atoms with Crippen LogP contribution in [0.25, 0.3) is 0 Å². The molecule has 1 aromatic carbocycles. The first-order chi connectivity index (χ1) is 7.70. The molecule has 3 heteroatoms. The van der Waals surface area contributed by atoms with Crippen molar-refractivity contribution < 1.29 is 9.53 Å². The fourth-order valence-corrected chi connectivity index (χ4v) is 1.97. The molecule has 0 radical (unpaired) electrons. The second-order valence-electron chi connectivity index (χ2n) is 4.13. The van der Waals surface area contributed by atoms with Crippen LogP contribution in [-0.2, 0) is 11.2 Å². The minimum absolute atomic E-state index is 0.190. The summed E-state index contributed by atoms with van der Waals surface area (Å²) in [6, 6.07) is 6.20. The van der Waals surface area contributed by atoms with E-state index in [0.717, 1.165) is 24.4 Å². The van der Waals surface area contributed by atoms with Gasteiger partial charge >= 0.3 is 0 Å². The monoisotopic (exact) mass is 219 g/mol. The van der Waals surface area contributed by atoms with Gasteiger partial charge in [-0.3, -0.25) is 4.79 Å². The zero-order valence-corrected chi connectivity index (χ0v) is 9.82. The van der Waals surface area contributed by atoms with E-state index in [4.69, 9.17) is 4.74 Å². The van der Waals surface area contributed by atoms with Gasteiger partial charge in [-0.15, -0.1) is 0 Å². The van der Waals surface area contributed by atoms with Gasteiger partial charge in [0.05, 0.1) is 18.8 Å². The molecule has 0 unspecified atom stereocenters. The van der Waals surface area contributed by atoms with Crippen LogP contribution in [-0.4, -0.2) is 25.5 Å². The van der Waals surface area contributed by atoms with Gasteiger partial charge in [-0.1, -0.05) is 13.0 Å². The van der Waals surface area contributed by atoms with Crippen LogP contribution in [0.5, 0.6) is 5.75 Å². The predicted octanol–water partition coefficient (Wildman–Crippen LogP) is 2.04. The van der Waals surface area contributed by atoms with E-state index in [9.17, 15) is 4.79 Å². The molecule has 86 valence electrons. The maximum absolute atomic E-state index is 11.2. The summed E-state index contributed by atoms with van der Waals surface area (Å²) in [6.07, 6.45) is 1.00. The number of hydrogen-bond acceptors (Lipinski definition) is 3. The molecule has 1 aromatic rings. The van der Waals surface area contributed by atoms with Crippen molar-refractivity contribution in [3.8, 4) is 5.75 Å². The van der Waals surface area contributed by atoms with E-state index in [1.165, 1.54) is 5.56 Å². The lowest BCUT2D eigenvalue weighted by Gasteiger charge is -2.30. The highest BCUT2D eigenvalue weighted by Gasteiger charge is 2.18. The molecule has 0 fully saturated rings. The maximum atomic E-state index is 11.2. The second kappa shape index (κ2) is 4.56. The van der Waals surface area contributed by atoms with Crippen molar-refractivity contribution in [2.45, 2.75) is 20.3 Å². The number of anilines is 1. The van der Waals surface area contributed by atoms with E-state index in [2.05, 4.69) is 24.0 Å². The Morgan fingerprint density at radius 2 is 2.31 bits per heavy atom. The van der Waals surface area contributed by atoms with Crippen LogP contribution >= 0.6 is 0 Å². The van der Waals surface area contributed by atoms with Crippen LogP contribution < -0.4 is 9.64 Å². The van der Waals surface area contributed by atoms with Gasteiger partial charge in [0, 0.05) is 0 Å². The average molecular weight is 219 g/mol. The van der Waals surface area contributed by atoms with Crippen molar-refractivity contribution in [1.29, 1.82) is 0 Å². The highest BCUT2D eigenvalue weighted by molar-refractivity contribution is 5.82. The molecular formula is C13H17NO2. The molecule has 1 aliphatic heterocycles. The van der Waals surface area contributed by atoms with Gasteiger partial charge in [-0.25, -0.2) is 0 Å². The van der Waals surface area contributed by atoms with Crippen LogP contribution in [0.15, 0.2) is 18.2 Å². The number of Topliss-reactive ketones (excluding diaryl/α,β-unsaturated/α-hetero) is 1. The molecule has 0 N–H and O–H groups in total. The Morgan fingerprint density at radius 1 is 1.50 bits per heavy atom. The number of carbonyl (C=O) groups excluding carboxylic acids is 1. The molecule has 3 nitrogen and oxygen atoms in total. The molecule has 0 aliphatic carbocycles. The van der Waals surface area contributed by atoms with E-state index in [1.807, 2.05) is 6.07 Å². The summed E-state index contributed by atoms with van der Waals surface area (Å²) < 4.78 is 5.58. The number of aryl methyl sites for hydroxylation is 1. The molecule has 16 heavy (non-hydrogen) atoms. The molecular weight excluding hydrogens is 202 g/mol. The van der Waals surface area contributed by atoms with Crippen LogP contribution in [0.4, 0.5) is 5.69 Å². The number of fused-ring (bicyclic) bond motifs is 1. The average Bonchev–Trinajstić information content (AvgIpc) is 2.28. The Hall–Kier alpha value is -1.51. The molecule has 2 rings (SSSR count). The summed E-state index contributed by atoms with van der Waals surface area (Å²) in [5.74, 6) is 1.08. The third kappa shape index (κ3) is 2.18. The first-order valence-corrected chi connectivity index (χ1v) is 5.71. The SMILES string of the molecule is CCc1ccc2c(c1)N(CC(C)=O)CCO2. The maximum Gasteiger partial charge on any atom is 0.149 e. The lowest BCUT2D eigenvalue weighted by molar-refractivity contribution is -0.115. The van der Waals surface area contributed by atoms with Crippen molar-refractivity contribution in [2.75, 3.05) is 24.6 Å². The Balaban J connectivity index is 2.31. The number of ether oxygens (including phenoxy) is 1. The number of carbonyl (C=O) groups is 1. The van der Waals surface area contributed by atoms with Crippen molar-refractivity contribution in [1.82, 2.24) is 0 Å². The molecule has 0 spiro atoms. The Bertz CT molecular complexity index is 401. The standard InChI is InChI=1S/C13H17NO2/c1-3-11-4-5-13-12(8-11)14(6-7-16-13)9-10(2)15/h4-5,8H,3,6-7,9H2,1-2H3. The lowest BCUT2D eigenvalue weighted by atomic mass is 10.1. The smallest absolute Gasteiger partial charge is 0.149 e. The number of ketones is 1. The quantitative estimate of drug-likeness (QED) is 0.779. The molecule has 0 aromatic heterocycles. The first kappa shape index (κ1) is 11.0. The molecule has 0 saturated heterocycles. The molecule has 0 saturated carbocycles. The van der Waals surface area contributed by atoms with Gasteiger partial charge in [0.15, 0.2) is 0 Å². The summed E-state index contributed by atoms with van der Waals surface area (Å²) >= 11 is 0. The van der Waals surface area contributed by atoms with Gasteiger partial charge in [0.25, 0.3) is 0 Å². The highest BCUT2D eigenvalue weighted by atomic mass is 16.5. The Kier molecular flexibility index (Phi) is 3.13. The van der Waals surface area contributed by atoms with Crippen molar-refractivity contribution in [3.05, 3.63) is 23.8 Å². The van der Waals surface area contributed by atoms with Crippen LogP contribution in [0, 0.1) is 0 Å². The third-order valence-corrected chi connectivity index (χ3v) is 2.80. The summed E-state index contributed by atoms with van der Waals surface area (Å²) in [5.41, 5.74) is 2.33. The number of nitrogens with zero attached hydrogens (tertiary/aromatic N) is 1. The van der Waals surface area contributed by atoms with Gasteiger partial charge in [-0.2, -0.15) is 0 Å². The van der Waals surface area contributed by atoms with Crippen molar-refractivity contribution >= 4 is 11.5 Å². The fraction of sp³-hybridized carbons (Fsp3) is 0.462. The topological polar surface area (TPSA) is 29.5 Å². The van der Waals surface area contributed by atoms with E-state index < -0.39 is 0 Å². The minimum Gasteiger partial charge on any atom is -0.490 e. The molecule has 0 atom stereocenters. The molecule has 0 amide bonds. The minimum atomic E-state index is 0.190. The number of rotatable bonds is 3. The summed E-state index contributed by atoms with van der Waals surface area (Å²) in [5, 5.41) is 0. The van der Waals surface area contributed by atoms with Crippen molar-refractivity contribution in [3.63, 3.8) is 0 Å². The summed E-state index contributed by atoms with van der Waals surface area (Å²) in [4.78, 5) is 13.3. The van der Waals surface area contributed by atoms with Crippen molar-refractivity contribution in [2.24, 2.45) is 0 Å². The third-order valence-electron chi connectivity index (χ3n) is 2.80. The van der Waals surface area contributed by atoms with Gasteiger partial charge in [0.2, 0.25) is 0 Å². The van der Waals surface area contributed by atoms with Gasteiger partial charge < -0.3 is 9.64 Å². The highest BCUT2D eigenvalue weighted by Crippen LogP contribution is 2.32.